The van der Waals surface area contributed by atoms with E-state index in [0.717, 1.165) is 10.6 Å². The van der Waals surface area contributed by atoms with E-state index in [-0.39, 0.29) is 30.7 Å². The van der Waals surface area contributed by atoms with E-state index in [1.807, 2.05) is 12.1 Å². The summed E-state index contributed by atoms with van der Waals surface area (Å²) in [6, 6.07) is 16.3. The molecule has 2 aromatic carbocycles. The minimum atomic E-state index is -0.797. The summed E-state index contributed by atoms with van der Waals surface area (Å²) in [6.07, 6.45) is 1.90. The van der Waals surface area contributed by atoms with E-state index in [1.165, 1.54) is 19.1 Å². The number of hydrogen-bond donors (Lipinski definition) is 1. The van der Waals surface area contributed by atoms with Crippen molar-refractivity contribution in [3.8, 4) is 0 Å². The van der Waals surface area contributed by atoms with E-state index in [2.05, 4.69) is 10.3 Å². The minimum absolute atomic E-state index is 0.167. The van der Waals surface area contributed by atoms with Gasteiger partial charge in [0.1, 0.15) is 6.04 Å². The average Bonchev–Trinajstić information content (AvgIpc) is 2.94. The summed E-state index contributed by atoms with van der Waals surface area (Å²) < 4.78 is 0. The van der Waals surface area contributed by atoms with Crippen molar-refractivity contribution in [1.29, 1.82) is 0 Å². The van der Waals surface area contributed by atoms with Gasteiger partial charge in [0.2, 0.25) is 5.91 Å². The van der Waals surface area contributed by atoms with Gasteiger partial charge in [-0.15, -0.1) is 0 Å². The van der Waals surface area contributed by atoms with Crippen LogP contribution in [0.4, 0.5) is 5.69 Å². The van der Waals surface area contributed by atoms with Gasteiger partial charge in [0.15, 0.2) is 0 Å². The number of nitrogens with one attached hydrogen (secondary N) is 1. The van der Waals surface area contributed by atoms with Crippen LogP contribution >= 0.6 is 11.6 Å². The van der Waals surface area contributed by atoms with Gasteiger partial charge in [0.05, 0.1) is 18.4 Å². The summed E-state index contributed by atoms with van der Waals surface area (Å²) in [5.74, 6) is -0.920. The molecule has 8 nitrogen and oxygen atoms in total. The second kappa shape index (κ2) is 10.0. The van der Waals surface area contributed by atoms with Crippen molar-refractivity contribution in [2.45, 2.75) is 19.0 Å². The van der Waals surface area contributed by atoms with Crippen LogP contribution in [0.2, 0.25) is 5.02 Å². The van der Waals surface area contributed by atoms with E-state index >= 15 is 0 Å². The molecule has 2 heterocycles. The predicted octanol–water partition coefficient (Wildman–Crippen LogP) is 3.57. The lowest BCUT2D eigenvalue weighted by atomic mass is 10.0. The third-order valence-corrected chi connectivity index (χ3v) is 5.89. The zero-order valence-electron chi connectivity index (χ0n) is 18.7. The Morgan fingerprint density at radius 2 is 1.91 bits per heavy atom. The highest BCUT2D eigenvalue weighted by atomic mass is 35.5. The van der Waals surface area contributed by atoms with Crippen LogP contribution in [0.5, 0.6) is 0 Å². The Kier molecular flexibility index (Phi) is 6.90. The molecule has 174 valence electrons. The highest BCUT2D eigenvalue weighted by Crippen LogP contribution is 2.28. The zero-order chi connectivity index (χ0) is 24.2. The molecule has 0 saturated carbocycles. The van der Waals surface area contributed by atoms with Gasteiger partial charge in [-0.3, -0.25) is 24.2 Å². The maximum absolute atomic E-state index is 13.6. The molecule has 1 aliphatic heterocycles. The van der Waals surface area contributed by atoms with Crippen molar-refractivity contribution < 1.29 is 19.2 Å². The molecule has 34 heavy (non-hydrogen) atoms. The number of nitrogens with zero attached hydrogens (tertiary/aromatic N) is 3. The first-order valence-corrected chi connectivity index (χ1v) is 11.0. The van der Waals surface area contributed by atoms with Crippen LogP contribution in [0.15, 0.2) is 66.9 Å². The summed E-state index contributed by atoms with van der Waals surface area (Å²) in [5.41, 5.74) is 2.63. The Morgan fingerprint density at radius 3 is 2.59 bits per heavy atom. The smallest absolute Gasteiger partial charge is 0.277 e. The zero-order valence-corrected chi connectivity index (χ0v) is 19.5. The second-order valence-corrected chi connectivity index (χ2v) is 8.27. The molecular formula is C25H23ClN4O4. The van der Waals surface area contributed by atoms with Gasteiger partial charge in [-0.05, 0) is 48.0 Å². The summed E-state index contributed by atoms with van der Waals surface area (Å²) in [5, 5.41) is 4.39. The van der Waals surface area contributed by atoms with Crippen molar-refractivity contribution in [3.63, 3.8) is 0 Å². The molecule has 0 spiro atoms. The lowest BCUT2D eigenvalue weighted by molar-refractivity contribution is -0.120. The summed E-state index contributed by atoms with van der Waals surface area (Å²) >= 11 is 6.10. The number of rotatable bonds is 6. The van der Waals surface area contributed by atoms with Gasteiger partial charge in [0, 0.05) is 42.5 Å². The molecule has 1 atom stereocenters. The number of carbonyl (C=O) groups is 3. The number of anilines is 1. The van der Waals surface area contributed by atoms with Crippen molar-refractivity contribution in [2.75, 3.05) is 19.5 Å². The fourth-order valence-electron chi connectivity index (χ4n) is 3.78. The molecule has 3 amide bonds. The fourth-order valence-corrected chi connectivity index (χ4v) is 3.95. The molecule has 0 radical (unpaired) electrons. The first-order chi connectivity index (χ1) is 16.4. The maximum Gasteiger partial charge on any atom is 0.277 e. The number of fused-ring (bicyclic) bond motifs is 1. The molecule has 1 aliphatic rings. The largest absolute Gasteiger partial charge is 0.323 e. The molecule has 4 rings (SSSR count). The van der Waals surface area contributed by atoms with E-state index in [0.29, 0.717) is 27.5 Å². The maximum atomic E-state index is 13.6. The highest BCUT2D eigenvalue weighted by molar-refractivity contribution is 6.31. The summed E-state index contributed by atoms with van der Waals surface area (Å²) in [6.45, 7) is 0.167. The predicted molar refractivity (Wildman–Crippen MR) is 127 cm³/mol. The SMILES string of the molecule is CON(C)C(=O)c1ccc(CN2C(=O)c3ccc(Cl)cc3NC(=O)C2Cc2ccccn2)cc1. The fraction of sp³-hybridized carbons (Fsp3) is 0.200. The first-order valence-electron chi connectivity index (χ1n) is 10.6. The van der Waals surface area contributed by atoms with Gasteiger partial charge in [-0.2, -0.15) is 0 Å². The minimum Gasteiger partial charge on any atom is -0.323 e. The molecule has 3 aromatic rings. The Morgan fingerprint density at radius 1 is 1.15 bits per heavy atom. The van der Waals surface area contributed by atoms with Gasteiger partial charge < -0.3 is 10.2 Å². The van der Waals surface area contributed by atoms with Crippen molar-refractivity contribution >= 4 is 35.0 Å². The molecule has 1 unspecified atom stereocenters. The lowest BCUT2D eigenvalue weighted by Crippen LogP contribution is -2.46. The quantitative estimate of drug-likeness (QED) is 0.547. The third kappa shape index (κ3) is 4.93. The molecule has 9 heteroatoms. The van der Waals surface area contributed by atoms with Crippen molar-refractivity contribution in [2.24, 2.45) is 0 Å². The van der Waals surface area contributed by atoms with Crippen LogP contribution in [-0.4, -0.2) is 52.9 Å². The number of amides is 3. The van der Waals surface area contributed by atoms with Gasteiger partial charge >= 0.3 is 0 Å². The van der Waals surface area contributed by atoms with Crippen molar-refractivity contribution in [1.82, 2.24) is 14.9 Å². The number of halogens is 1. The van der Waals surface area contributed by atoms with Gasteiger partial charge in [-0.1, -0.05) is 29.8 Å². The third-order valence-electron chi connectivity index (χ3n) is 5.65. The van der Waals surface area contributed by atoms with Crippen LogP contribution in [0, 0.1) is 0 Å². The Balaban J connectivity index is 1.68. The van der Waals surface area contributed by atoms with Gasteiger partial charge in [0.25, 0.3) is 11.8 Å². The molecule has 0 fully saturated rings. The van der Waals surface area contributed by atoms with Crippen molar-refractivity contribution in [3.05, 3.63) is 94.3 Å². The molecule has 0 saturated heterocycles. The number of carbonyl (C=O) groups excluding carboxylic acids is 3. The highest BCUT2D eigenvalue weighted by Gasteiger charge is 2.36. The molecule has 1 aromatic heterocycles. The Hall–Kier alpha value is -3.75. The summed E-state index contributed by atoms with van der Waals surface area (Å²) in [7, 11) is 2.94. The Labute approximate surface area is 202 Å². The number of hydrogen-bond acceptors (Lipinski definition) is 5. The van der Waals surface area contributed by atoms with E-state index in [4.69, 9.17) is 16.4 Å². The average molecular weight is 479 g/mol. The van der Waals surface area contributed by atoms with E-state index in [9.17, 15) is 14.4 Å². The normalized spacial score (nSPS) is 15.4. The van der Waals surface area contributed by atoms with Crippen LogP contribution in [0.3, 0.4) is 0 Å². The van der Waals surface area contributed by atoms with Crippen LogP contribution < -0.4 is 5.32 Å². The van der Waals surface area contributed by atoms with Crippen LogP contribution in [-0.2, 0) is 22.6 Å². The number of aromatic nitrogens is 1. The second-order valence-electron chi connectivity index (χ2n) is 7.84. The number of benzene rings is 2. The standard InChI is InChI=1S/C25H23ClN4O4/c1-29(34-2)24(32)17-8-6-16(7-9-17)15-30-22(14-19-5-3-4-12-27-19)23(31)28-21-13-18(26)10-11-20(21)25(30)33/h3-13,22H,14-15H2,1-2H3,(H,28,31). The van der Waals surface area contributed by atoms with E-state index in [1.54, 1.807) is 54.7 Å². The van der Waals surface area contributed by atoms with Crippen LogP contribution in [0.25, 0.3) is 0 Å². The molecular weight excluding hydrogens is 456 g/mol. The lowest BCUT2D eigenvalue weighted by Gasteiger charge is -2.29. The Bertz CT molecular complexity index is 1220. The van der Waals surface area contributed by atoms with Gasteiger partial charge in [-0.25, -0.2) is 5.06 Å². The summed E-state index contributed by atoms with van der Waals surface area (Å²) in [4.78, 5) is 49.9. The topological polar surface area (TPSA) is 91.8 Å². The van der Waals surface area contributed by atoms with Crippen LogP contribution in [0.1, 0.15) is 32.0 Å². The number of pyridine rings is 1. The molecule has 0 bridgehead atoms. The van der Waals surface area contributed by atoms with E-state index < -0.39 is 6.04 Å². The number of hydroxylamine groups is 2. The first kappa shape index (κ1) is 23.4. The molecule has 1 N–H and O–H groups in total. The molecule has 0 aliphatic carbocycles. The monoisotopic (exact) mass is 478 g/mol.